The van der Waals surface area contributed by atoms with E-state index >= 15 is 0 Å². The number of hydrogen-bond donors (Lipinski definition) is 2. The maximum atomic E-state index is 13.6. The molecule has 1 aromatic carbocycles. The van der Waals surface area contributed by atoms with Crippen molar-refractivity contribution in [3.8, 4) is 0 Å². The summed E-state index contributed by atoms with van der Waals surface area (Å²) in [6, 6.07) is 2.37. The van der Waals surface area contributed by atoms with Crippen molar-refractivity contribution < 1.29 is 23.8 Å². The van der Waals surface area contributed by atoms with Gasteiger partial charge in [-0.05, 0) is 18.2 Å². The fourth-order valence-electron chi connectivity index (χ4n) is 1.83. The molecule has 0 radical (unpaired) electrons. The van der Waals surface area contributed by atoms with Crippen molar-refractivity contribution in [3.05, 3.63) is 28.5 Å². The fraction of sp³-hybridized carbons (Fsp3) is 0.333. The van der Waals surface area contributed by atoms with Crippen LogP contribution in [-0.2, 0) is 9.53 Å². The smallest absolute Gasteiger partial charge is 0.328 e. The summed E-state index contributed by atoms with van der Waals surface area (Å²) in [5.41, 5.74) is -0.0139. The molecule has 1 aliphatic heterocycles. The molecule has 2 rings (SSSR count). The van der Waals surface area contributed by atoms with Crippen LogP contribution < -0.4 is 5.32 Å². The molecule has 1 heterocycles. The van der Waals surface area contributed by atoms with Crippen LogP contribution >= 0.6 is 15.9 Å². The number of carboxylic acids is 1. The van der Waals surface area contributed by atoms with E-state index in [9.17, 15) is 14.0 Å². The monoisotopic (exact) mass is 346 g/mol. The largest absolute Gasteiger partial charge is 0.480 e. The molecule has 6 nitrogen and oxygen atoms in total. The second-order valence-electron chi connectivity index (χ2n) is 4.18. The average molecular weight is 347 g/mol. The highest BCUT2D eigenvalue weighted by Crippen LogP contribution is 2.21. The second kappa shape index (κ2) is 6.19. The van der Waals surface area contributed by atoms with Crippen LogP contribution in [0.3, 0.4) is 0 Å². The summed E-state index contributed by atoms with van der Waals surface area (Å²) in [7, 11) is 0. The van der Waals surface area contributed by atoms with Crippen molar-refractivity contribution in [2.45, 2.75) is 6.04 Å². The number of hydrogen-bond acceptors (Lipinski definition) is 3. The lowest BCUT2D eigenvalue weighted by Gasteiger charge is -2.32. The van der Waals surface area contributed by atoms with Gasteiger partial charge in [-0.1, -0.05) is 15.9 Å². The first-order valence-corrected chi connectivity index (χ1v) is 6.61. The van der Waals surface area contributed by atoms with E-state index in [1.807, 2.05) is 0 Å². The summed E-state index contributed by atoms with van der Waals surface area (Å²) in [5, 5.41) is 11.4. The van der Waals surface area contributed by atoms with Gasteiger partial charge in [0.25, 0.3) is 0 Å². The highest BCUT2D eigenvalue weighted by molar-refractivity contribution is 9.10. The van der Waals surface area contributed by atoms with Crippen molar-refractivity contribution in [1.29, 1.82) is 0 Å². The number of carbonyl (C=O) groups excluding carboxylic acids is 1. The number of anilines is 1. The van der Waals surface area contributed by atoms with E-state index in [0.29, 0.717) is 4.47 Å². The fourth-order valence-corrected chi connectivity index (χ4v) is 2.19. The molecule has 8 heteroatoms. The van der Waals surface area contributed by atoms with E-state index in [1.54, 1.807) is 0 Å². The Kier molecular flexibility index (Phi) is 4.56. The Morgan fingerprint density at radius 3 is 2.95 bits per heavy atom. The lowest BCUT2D eigenvalue weighted by Crippen LogP contribution is -2.54. The number of urea groups is 1. The molecule has 0 aliphatic carbocycles. The third kappa shape index (κ3) is 3.26. The van der Waals surface area contributed by atoms with Gasteiger partial charge in [0.2, 0.25) is 0 Å². The Morgan fingerprint density at radius 1 is 1.50 bits per heavy atom. The summed E-state index contributed by atoms with van der Waals surface area (Å²) in [6.07, 6.45) is 0. The van der Waals surface area contributed by atoms with Gasteiger partial charge in [0.1, 0.15) is 5.82 Å². The van der Waals surface area contributed by atoms with Gasteiger partial charge in [0, 0.05) is 11.0 Å². The Balaban J connectivity index is 2.14. The van der Waals surface area contributed by atoms with E-state index in [1.165, 1.54) is 18.2 Å². The Bertz CT molecular complexity index is 540. The molecule has 20 heavy (non-hydrogen) atoms. The molecule has 1 aliphatic rings. The van der Waals surface area contributed by atoms with Crippen molar-refractivity contribution >= 4 is 33.6 Å². The standard InChI is InChI=1S/C12H12BrFN2O4/c13-7-1-2-8(14)9(5-7)15-12(19)16-3-4-20-6-10(16)11(17)18/h1-2,5,10H,3-4,6H2,(H,15,19)(H,17,18). The molecule has 1 fully saturated rings. The van der Waals surface area contributed by atoms with Gasteiger partial charge in [-0.3, -0.25) is 0 Å². The first kappa shape index (κ1) is 14.7. The van der Waals surface area contributed by atoms with Crippen molar-refractivity contribution in [3.63, 3.8) is 0 Å². The molecule has 0 aromatic heterocycles. The van der Waals surface area contributed by atoms with E-state index < -0.39 is 23.9 Å². The molecule has 0 saturated carbocycles. The first-order chi connectivity index (χ1) is 9.49. The van der Waals surface area contributed by atoms with Crippen LogP contribution in [0.4, 0.5) is 14.9 Å². The molecule has 2 N–H and O–H groups in total. The summed E-state index contributed by atoms with van der Waals surface area (Å²) < 4.78 is 19.2. The molecule has 108 valence electrons. The van der Waals surface area contributed by atoms with Gasteiger partial charge < -0.3 is 20.1 Å². The zero-order valence-corrected chi connectivity index (χ0v) is 11.9. The Labute approximate surface area is 122 Å². The lowest BCUT2D eigenvalue weighted by atomic mass is 10.2. The van der Waals surface area contributed by atoms with Crippen molar-refractivity contribution in [1.82, 2.24) is 4.90 Å². The normalized spacial score (nSPS) is 18.7. The van der Waals surface area contributed by atoms with Crippen LogP contribution in [0.2, 0.25) is 0 Å². The molecular weight excluding hydrogens is 335 g/mol. The minimum Gasteiger partial charge on any atom is -0.480 e. The summed E-state index contributed by atoms with van der Waals surface area (Å²) in [5.74, 6) is -1.75. The molecule has 2 amide bonds. The number of aliphatic carboxylic acids is 1. The highest BCUT2D eigenvalue weighted by atomic mass is 79.9. The van der Waals surface area contributed by atoms with Gasteiger partial charge in [0.05, 0.1) is 18.9 Å². The van der Waals surface area contributed by atoms with Crippen molar-refractivity contribution in [2.24, 2.45) is 0 Å². The molecule has 1 aromatic rings. The predicted octanol–water partition coefficient (Wildman–Crippen LogP) is 1.91. The van der Waals surface area contributed by atoms with E-state index in [-0.39, 0.29) is 25.4 Å². The van der Waals surface area contributed by atoms with Crippen LogP contribution in [0.1, 0.15) is 0 Å². The molecular formula is C12H12BrFN2O4. The molecule has 1 saturated heterocycles. The van der Waals surface area contributed by atoms with Crippen LogP contribution in [0.5, 0.6) is 0 Å². The third-order valence-corrected chi connectivity index (χ3v) is 3.34. The van der Waals surface area contributed by atoms with Gasteiger partial charge >= 0.3 is 12.0 Å². The van der Waals surface area contributed by atoms with E-state index in [0.717, 1.165) is 4.90 Å². The van der Waals surface area contributed by atoms with Gasteiger partial charge in [0.15, 0.2) is 6.04 Å². The second-order valence-corrected chi connectivity index (χ2v) is 5.09. The Hall–Kier alpha value is -1.67. The van der Waals surface area contributed by atoms with E-state index in [2.05, 4.69) is 21.2 Å². The average Bonchev–Trinajstić information content (AvgIpc) is 2.42. The molecule has 1 atom stereocenters. The zero-order valence-electron chi connectivity index (χ0n) is 10.3. The summed E-state index contributed by atoms with van der Waals surface area (Å²) in [6.45, 7) is 0.306. The third-order valence-electron chi connectivity index (χ3n) is 2.84. The zero-order chi connectivity index (χ0) is 14.7. The topological polar surface area (TPSA) is 78.9 Å². The lowest BCUT2D eigenvalue weighted by molar-refractivity contribution is -0.147. The number of benzene rings is 1. The van der Waals surface area contributed by atoms with Crippen LogP contribution in [0, 0.1) is 5.82 Å². The van der Waals surface area contributed by atoms with Gasteiger partial charge in [-0.2, -0.15) is 0 Å². The van der Waals surface area contributed by atoms with E-state index in [4.69, 9.17) is 9.84 Å². The predicted molar refractivity (Wildman–Crippen MR) is 72.1 cm³/mol. The van der Waals surface area contributed by atoms with Crippen LogP contribution in [-0.4, -0.2) is 47.8 Å². The first-order valence-electron chi connectivity index (χ1n) is 5.82. The van der Waals surface area contributed by atoms with Crippen LogP contribution in [0.25, 0.3) is 0 Å². The number of rotatable bonds is 2. The number of morpholine rings is 1. The highest BCUT2D eigenvalue weighted by Gasteiger charge is 2.33. The number of ether oxygens (including phenoxy) is 1. The molecule has 1 unspecified atom stereocenters. The number of nitrogens with one attached hydrogen (secondary N) is 1. The quantitative estimate of drug-likeness (QED) is 0.857. The van der Waals surface area contributed by atoms with Gasteiger partial charge in [-0.15, -0.1) is 0 Å². The minimum atomic E-state index is -1.16. The van der Waals surface area contributed by atoms with Gasteiger partial charge in [-0.25, -0.2) is 14.0 Å². The minimum absolute atomic E-state index is 0.0139. The number of carbonyl (C=O) groups is 2. The van der Waals surface area contributed by atoms with Crippen molar-refractivity contribution in [2.75, 3.05) is 25.1 Å². The molecule has 0 spiro atoms. The SMILES string of the molecule is O=C(O)C1COCCN1C(=O)Nc1cc(Br)ccc1F. The maximum absolute atomic E-state index is 13.6. The number of halogens is 2. The maximum Gasteiger partial charge on any atom is 0.328 e. The Morgan fingerprint density at radius 2 is 2.25 bits per heavy atom. The number of amides is 2. The van der Waals surface area contributed by atoms with Crippen LogP contribution in [0.15, 0.2) is 22.7 Å². The summed E-state index contributed by atoms with van der Waals surface area (Å²) >= 11 is 3.17. The number of nitrogens with zero attached hydrogens (tertiary/aromatic N) is 1. The number of carboxylic acid groups (broad SMARTS) is 1. The summed E-state index contributed by atoms with van der Waals surface area (Å²) in [4.78, 5) is 24.2. The molecule has 0 bridgehead atoms.